The monoisotopic (exact) mass is 385 g/mol. The Morgan fingerprint density at radius 2 is 1.86 bits per heavy atom. The van der Waals surface area contributed by atoms with Crippen molar-refractivity contribution in [2.45, 2.75) is 26.3 Å². The number of likely N-dealkylation sites (N-methyl/N-ethyl adjacent to an activating group) is 1. The molecule has 0 heterocycles. The van der Waals surface area contributed by atoms with Crippen molar-refractivity contribution in [3.63, 3.8) is 0 Å². The molecule has 0 aliphatic carbocycles. The molecular weight excluding hydrogens is 369 g/mol. The van der Waals surface area contributed by atoms with Crippen molar-refractivity contribution in [1.29, 1.82) is 0 Å². The van der Waals surface area contributed by atoms with Crippen molar-refractivity contribution in [3.05, 3.63) is 67.6 Å². The van der Waals surface area contributed by atoms with Crippen LogP contribution in [0.15, 0.2) is 40.9 Å². The molecule has 0 radical (unpaired) electrons. The predicted molar refractivity (Wildman–Crippen MR) is 95.5 cm³/mol. The lowest BCUT2D eigenvalue weighted by Crippen LogP contribution is -2.23. The molecule has 0 spiro atoms. The maximum Gasteiger partial charge on any atom is 0.0548 e. The van der Waals surface area contributed by atoms with Gasteiger partial charge in [-0.1, -0.05) is 48.3 Å². The van der Waals surface area contributed by atoms with Crippen molar-refractivity contribution in [2.24, 2.45) is 0 Å². The molecule has 0 aliphatic rings. The molecule has 1 N–H and O–H groups in total. The van der Waals surface area contributed by atoms with Crippen LogP contribution in [0.1, 0.15) is 29.7 Å². The van der Waals surface area contributed by atoms with E-state index in [1.807, 2.05) is 19.1 Å². The summed E-state index contributed by atoms with van der Waals surface area (Å²) in [4.78, 5) is 0. The molecule has 1 atom stereocenters. The average Bonchev–Trinajstić information content (AvgIpc) is 2.44. The summed E-state index contributed by atoms with van der Waals surface area (Å²) >= 11 is 15.9. The van der Waals surface area contributed by atoms with E-state index in [9.17, 15) is 0 Å². The molecule has 0 aromatic heterocycles. The van der Waals surface area contributed by atoms with E-state index >= 15 is 0 Å². The van der Waals surface area contributed by atoms with Crippen LogP contribution in [0, 0.1) is 6.92 Å². The predicted octanol–water partition coefficient (Wildman–Crippen LogP) is 5.96. The van der Waals surface area contributed by atoms with Crippen LogP contribution in [-0.2, 0) is 6.42 Å². The first-order valence-corrected chi connectivity index (χ1v) is 8.49. The number of nitrogens with one attached hydrogen (secondary N) is 1. The Labute approximate surface area is 144 Å². The van der Waals surface area contributed by atoms with Gasteiger partial charge in [-0.05, 0) is 70.7 Å². The first-order chi connectivity index (χ1) is 10.0. The summed E-state index contributed by atoms with van der Waals surface area (Å²) in [6.45, 7) is 5.05. The normalized spacial score (nSPS) is 12.4. The fraction of sp³-hybridized carbons (Fsp3) is 0.294. The maximum atomic E-state index is 6.36. The van der Waals surface area contributed by atoms with Gasteiger partial charge in [-0.3, -0.25) is 0 Å². The van der Waals surface area contributed by atoms with Crippen molar-refractivity contribution >= 4 is 39.1 Å². The molecule has 0 saturated heterocycles. The zero-order valence-corrected chi connectivity index (χ0v) is 15.2. The van der Waals surface area contributed by atoms with E-state index in [0.29, 0.717) is 0 Å². The van der Waals surface area contributed by atoms with Crippen LogP contribution in [0.2, 0.25) is 10.0 Å². The third-order valence-corrected chi connectivity index (χ3v) is 4.99. The lowest BCUT2D eigenvalue weighted by Gasteiger charge is -2.20. The third-order valence-electron chi connectivity index (χ3n) is 3.43. The number of halogens is 3. The Morgan fingerprint density at radius 3 is 2.48 bits per heavy atom. The van der Waals surface area contributed by atoms with E-state index in [2.05, 4.69) is 52.4 Å². The highest BCUT2D eigenvalue weighted by Crippen LogP contribution is 2.29. The molecule has 2 aromatic carbocycles. The molecule has 2 aromatic rings. The van der Waals surface area contributed by atoms with Crippen LogP contribution in [0.5, 0.6) is 0 Å². The Balaban J connectivity index is 2.28. The fourth-order valence-corrected chi connectivity index (χ4v) is 3.15. The molecule has 0 aliphatic heterocycles. The second kappa shape index (κ2) is 7.64. The number of aryl methyl sites for hydroxylation is 1. The molecule has 0 saturated carbocycles. The second-order valence-electron chi connectivity index (χ2n) is 5.08. The number of hydrogen-bond acceptors (Lipinski definition) is 1. The Kier molecular flexibility index (Phi) is 6.12. The van der Waals surface area contributed by atoms with Gasteiger partial charge >= 0.3 is 0 Å². The van der Waals surface area contributed by atoms with E-state index in [4.69, 9.17) is 23.2 Å². The van der Waals surface area contributed by atoms with Crippen molar-refractivity contribution < 1.29 is 0 Å². The van der Waals surface area contributed by atoms with Crippen molar-refractivity contribution in [2.75, 3.05) is 6.54 Å². The Morgan fingerprint density at radius 1 is 1.10 bits per heavy atom. The van der Waals surface area contributed by atoms with Gasteiger partial charge in [-0.25, -0.2) is 0 Å². The summed E-state index contributed by atoms with van der Waals surface area (Å²) in [5.74, 6) is 0. The topological polar surface area (TPSA) is 12.0 Å². The summed E-state index contributed by atoms with van der Waals surface area (Å²) in [5.41, 5.74) is 3.53. The smallest absolute Gasteiger partial charge is 0.0548 e. The largest absolute Gasteiger partial charge is 0.310 e. The number of hydrogen-bond donors (Lipinski definition) is 1. The van der Waals surface area contributed by atoms with E-state index in [1.54, 1.807) is 0 Å². The standard InChI is InChI=1S/C17H18BrCl2N/c1-3-21-17(13-6-7-15(19)14(18)9-13)10-12-5-4-11(2)8-16(12)20/h4-9,17,21H,3,10H2,1-2H3. The fourth-order valence-electron chi connectivity index (χ4n) is 2.32. The van der Waals surface area contributed by atoms with Crippen LogP contribution < -0.4 is 5.32 Å². The number of benzene rings is 2. The van der Waals surface area contributed by atoms with Gasteiger partial charge in [0.25, 0.3) is 0 Å². The molecule has 1 nitrogen and oxygen atoms in total. The van der Waals surface area contributed by atoms with E-state index < -0.39 is 0 Å². The zero-order valence-electron chi connectivity index (χ0n) is 12.1. The minimum Gasteiger partial charge on any atom is -0.310 e. The quantitative estimate of drug-likeness (QED) is 0.668. The van der Waals surface area contributed by atoms with Gasteiger partial charge in [-0.15, -0.1) is 0 Å². The molecule has 1 unspecified atom stereocenters. The maximum absolute atomic E-state index is 6.36. The summed E-state index contributed by atoms with van der Waals surface area (Å²) in [6, 6.07) is 12.5. The van der Waals surface area contributed by atoms with Gasteiger partial charge in [0.15, 0.2) is 0 Å². The molecule has 0 amide bonds. The Hall–Kier alpha value is -0.540. The van der Waals surface area contributed by atoms with Crippen LogP contribution >= 0.6 is 39.1 Å². The Bertz CT molecular complexity index is 628. The van der Waals surface area contributed by atoms with Gasteiger partial charge in [0.1, 0.15) is 0 Å². The second-order valence-corrected chi connectivity index (χ2v) is 6.75. The highest BCUT2D eigenvalue weighted by Gasteiger charge is 2.14. The average molecular weight is 387 g/mol. The molecule has 0 fully saturated rings. The minimum absolute atomic E-state index is 0.212. The van der Waals surface area contributed by atoms with Crippen LogP contribution in [0.3, 0.4) is 0 Å². The van der Waals surface area contributed by atoms with E-state index in [1.165, 1.54) is 11.1 Å². The van der Waals surface area contributed by atoms with Gasteiger partial charge in [0.05, 0.1) is 5.02 Å². The van der Waals surface area contributed by atoms with E-state index in [0.717, 1.165) is 33.0 Å². The van der Waals surface area contributed by atoms with Gasteiger partial charge in [0, 0.05) is 15.5 Å². The first-order valence-electron chi connectivity index (χ1n) is 6.94. The summed E-state index contributed by atoms with van der Waals surface area (Å²) in [7, 11) is 0. The minimum atomic E-state index is 0.212. The molecule has 112 valence electrons. The summed E-state index contributed by atoms with van der Waals surface area (Å²) in [5, 5.41) is 5.06. The van der Waals surface area contributed by atoms with E-state index in [-0.39, 0.29) is 6.04 Å². The third kappa shape index (κ3) is 4.46. The molecule has 21 heavy (non-hydrogen) atoms. The van der Waals surface area contributed by atoms with Crippen LogP contribution in [0.25, 0.3) is 0 Å². The van der Waals surface area contributed by atoms with Crippen LogP contribution in [0.4, 0.5) is 0 Å². The SMILES string of the molecule is CCNC(Cc1ccc(C)cc1Cl)c1ccc(Cl)c(Br)c1. The van der Waals surface area contributed by atoms with Gasteiger partial charge < -0.3 is 5.32 Å². The lowest BCUT2D eigenvalue weighted by atomic mass is 9.98. The van der Waals surface area contributed by atoms with Crippen molar-refractivity contribution in [3.8, 4) is 0 Å². The highest BCUT2D eigenvalue weighted by molar-refractivity contribution is 9.10. The molecule has 2 rings (SSSR count). The zero-order chi connectivity index (χ0) is 15.4. The molecule has 4 heteroatoms. The van der Waals surface area contributed by atoms with Gasteiger partial charge in [0.2, 0.25) is 0 Å². The molecular formula is C17H18BrCl2N. The highest BCUT2D eigenvalue weighted by atomic mass is 79.9. The molecule has 0 bridgehead atoms. The number of rotatable bonds is 5. The summed E-state index contributed by atoms with van der Waals surface area (Å²) in [6.07, 6.45) is 0.848. The van der Waals surface area contributed by atoms with Crippen molar-refractivity contribution in [1.82, 2.24) is 5.32 Å². The lowest BCUT2D eigenvalue weighted by molar-refractivity contribution is 0.549. The first kappa shape index (κ1) is 16.8. The summed E-state index contributed by atoms with van der Waals surface area (Å²) < 4.78 is 0.916. The van der Waals surface area contributed by atoms with Crippen LogP contribution in [-0.4, -0.2) is 6.54 Å². The van der Waals surface area contributed by atoms with Gasteiger partial charge in [-0.2, -0.15) is 0 Å².